The van der Waals surface area contributed by atoms with E-state index in [-0.39, 0.29) is 0 Å². The minimum absolute atomic E-state index is 0.995. The fourth-order valence-corrected chi connectivity index (χ4v) is 3.40. The summed E-state index contributed by atoms with van der Waals surface area (Å²) in [4.78, 5) is 0. The molecule has 1 saturated carbocycles. The van der Waals surface area contributed by atoms with Gasteiger partial charge in [0.1, 0.15) is 0 Å². The Morgan fingerprint density at radius 1 is 0.933 bits per heavy atom. The summed E-state index contributed by atoms with van der Waals surface area (Å²) in [5, 5.41) is 0. The first-order valence-corrected chi connectivity index (χ1v) is 7.24. The van der Waals surface area contributed by atoms with E-state index in [0.29, 0.717) is 0 Å². The van der Waals surface area contributed by atoms with Crippen molar-refractivity contribution in [2.75, 3.05) is 0 Å². The van der Waals surface area contributed by atoms with Crippen molar-refractivity contribution in [3.63, 3.8) is 0 Å². The maximum atomic E-state index is 2.49. The molecule has 0 heteroatoms. The lowest BCUT2D eigenvalue weighted by Crippen LogP contribution is -2.14. The van der Waals surface area contributed by atoms with Gasteiger partial charge in [0.2, 0.25) is 0 Å². The van der Waals surface area contributed by atoms with Crippen molar-refractivity contribution in [3.8, 4) is 0 Å². The molecule has 0 aromatic carbocycles. The maximum Gasteiger partial charge on any atom is -0.0358 e. The van der Waals surface area contributed by atoms with Gasteiger partial charge in [0, 0.05) is 0 Å². The van der Waals surface area contributed by atoms with Crippen LogP contribution in [0.1, 0.15) is 73.6 Å². The molecule has 4 unspecified atom stereocenters. The quantitative estimate of drug-likeness (QED) is 0.575. The third kappa shape index (κ3) is 3.81. The fourth-order valence-electron chi connectivity index (χ4n) is 3.40. The van der Waals surface area contributed by atoms with Gasteiger partial charge in [0.15, 0.2) is 0 Å². The van der Waals surface area contributed by atoms with Gasteiger partial charge in [0.25, 0.3) is 0 Å². The SMILES string of the molecule is CC.CCCC1C(CC)CC(CC)C1C. The van der Waals surface area contributed by atoms with E-state index >= 15 is 0 Å². The van der Waals surface area contributed by atoms with Crippen LogP contribution in [0.3, 0.4) is 0 Å². The van der Waals surface area contributed by atoms with Crippen LogP contribution in [0.15, 0.2) is 0 Å². The minimum Gasteiger partial charge on any atom is -0.0683 e. The Morgan fingerprint density at radius 2 is 1.47 bits per heavy atom. The Morgan fingerprint density at radius 3 is 1.87 bits per heavy atom. The molecule has 0 amide bonds. The number of hydrogen-bond acceptors (Lipinski definition) is 0. The van der Waals surface area contributed by atoms with Crippen molar-refractivity contribution in [3.05, 3.63) is 0 Å². The van der Waals surface area contributed by atoms with Crippen LogP contribution in [0.4, 0.5) is 0 Å². The van der Waals surface area contributed by atoms with E-state index in [9.17, 15) is 0 Å². The molecule has 0 aliphatic heterocycles. The Bertz CT molecular complexity index is 137. The molecule has 0 heterocycles. The topological polar surface area (TPSA) is 0 Å². The third-order valence-electron chi connectivity index (χ3n) is 4.30. The highest BCUT2D eigenvalue weighted by molar-refractivity contribution is 4.87. The van der Waals surface area contributed by atoms with Gasteiger partial charge in [-0.05, 0) is 30.1 Å². The molecule has 92 valence electrons. The molecule has 4 atom stereocenters. The molecule has 0 bridgehead atoms. The summed E-state index contributed by atoms with van der Waals surface area (Å²) >= 11 is 0. The van der Waals surface area contributed by atoms with E-state index in [4.69, 9.17) is 0 Å². The molecule has 1 aliphatic carbocycles. The second-order valence-electron chi connectivity index (χ2n) is 4.88. The average molecular weight is 212 g/mol. The van der Waals surface area contributed by atoms with E-state index in [1.165, 1.54) is 32.1 Å². The molecule has 0 radical (unpaired) electrons. The van der Waals surface area contributed by atoms with Crippen LogP contribution in [-0.2, 0) is 0 Å². The Hall–Kier alpha value is 0. The summed E-state index contributed by atoms with van der Waals surface area (Å²) in [5.41, 5.74) is 0. The van der Waals surface area contributed by atoms with Gasteiger partial charge >= 0.3 is 0 Å². The van der Waals surface area contributed by atoms with Gasteiger partial charge in [-0.15, -0.1) is 0 Å². The van der Waals surface area contributed by atoms with Crippen LogP contribution in [0.2, 0.25) is 0 Å². The maximum absolute atomic E-state index is 2.49. The average Bonchev–Trinajstić information content (AvgIpc) is 2.59. The summed E-state index contributed by atoms with van der Waals surface area (Å²) in [6.45, 7) is 13.6. The van der Waals surface area contributed by atoms with Crippen LogP contribution in [0.25, 0.3) is 0 Å². The predicted molar refractivity (Wildman–Crippen MR) is 71.1 cm³/mol. The summed E-state index contributed by atoms with van der Waals surface area (Å²) in [5.74, 6) is 4.11. The summed E-state index contributed by atoms with van der Waals surface area (Å²) in [6, 6.07) is 0. The van der Waals surface area contributed by atoms with Gasteiger partial charge in [-0.3, -0.25) is 0 Å². The van der Waals surface area contributed by atoms with Gasteiger partial charge in [-0.25, -0.2) is 0 Å². The van der Waals surface area contributed by atoms with Gasteiger partial charge in [-0.1, -0.05) is 67.2 Å². The van der Waals surface area contributed by atoms with Gasteiger partial charge in [0.05, 0.1) is 0 Å². The summed E-state index contributed by atoms with van der Waals surface area (Å²) in [6.07, 6.45) is 7.17. The highest BCUT2D eigenvalue weighted by atomic mass is 14.4. The molecule has 1 fully saturated rings. The molecule has 1 rings (SSSR count). The van der Waals surface area contributed by atoms with E-state index in [1.807, 2.05) is 13.8 Å². The van der Waals surface area contributed by atoms with Crippen molar-refractivity contribution >= 4 is 0 Å². The summed E-state index contributed by atoms with van der Waals surface area (Å²) < 4.78 is 0. The molecule has 0 N–H and O–H groups in total. The zero-order valence-corrected chi connectivity index (χ0v) is 11.8. The predicted octanol–water partition coefficient (Wildman–Crippen LogP) is 5.52. The van der Waals surface area contributed by atoms with Crippen LogP contribution in [0, 0.1) is 23.7 Å². The minimum atomic E-state index is 0.995. The van der Waals surface area contributed by atoms with E-state index < -0.39 is 0 Å². The Labute approximate surface area is 97.8 Å². The van der Waals surface area contributed by atoms with Crippen molar-refractivity contribution in [1.29, 1.82) is 0 Å². The molecule has 0 aromatic rings. The molecule has 15 heavy (non-hydrogen) atoms. The molecule has 0 saturated heterocycles. The second kappa shape index (κ2) is 8.19. The van der Waals surface area contributed by atoms with Crippen molar-refractivity contribution in [2.24, 2.45) is 23.7 Å². The fraction of sp³-hybridized carbons (Fsp3) is 1.00. The molecule has 0 spiro atoms. The highest BCUT2D eigenvalue weighted by Gasteiger charge is 2.37. The van der Waals surface area contributed by atoms with Gasteiger partial charge in [-0.2, -0.15) is 0 Å². The summed E-state index contributed by atoms with van der Waals surface area (Å²) in [7, 11) is 0. The van der Waals surface area contributed by atoms with Gasteiger partial charge < -0.3 is 0 Å². The van der Waals surface area contributed by atoms with Crippen molar-refractivity contribution in [1.82, 2.24) is 0 Å². The van der Waals surface area contributed by atoms with Crippen LogP contribution >= 0.6 is 0 Å². The zero-order valence-electron chi connectivity index (χ0n) is 11.8. The van der Waals surface area contributed by atoms with Crippen LogP contribution in [0.5, 0.6) is 0 Å². The smallest absolute Gasteiger partial charge is 0.0358 e. The molecular formula is C15H32. The first kappa shape index (κ1) is 15.0. The largest absolute Gasteiger partial charge is 0.0683 e. The lowest BCUT2D eigenvalue weighted by Gasteiger charge is -2.22. The van der Waals surface area contributed by atoms with Crippen molar-refractivity contribution < 1.29 is 0 Å². The lowest BCUT2D eigenvalue weighted by atomic mass is 9.84. The Balaban J connectivity index is 0.000000921. The second-order valence-corrected chi connectivity index (χ2v) is 4.88. The normalized spacial score (nSPS) is 34.8. The highest BCUT2D eigenvalue weighted by Crippen LogP contribution is 2.46. The number of hydrogen-bond donors (Lipinski definition) is 0. The number of rotatable bonds is 4. The van der Waals surface area contributed by atoms with Crippen molar-refractivity contribution in [2.45, 2.75) is 73.6 Å². The molecule has 0 aromatic heterocycles. The standard InChI is InChI=1S/C13H26.C2H6/c1-5-8-13-10(4)11(6-2)9-12(13)7-3;1-2/h10-13H,5-9H2,1-4H3;1-2H3. The van der Waals surface area contributed by atoms with Crippen LogP contribution in [-0.4, -0.2) is 0 Å². The Kier molecular flexibility index (Phi) is 8.19. The first-order valence-electron chi connectivity index (χ1n) is 7.24. The van der Waals surface area contributed by atoms with E-state index in [1.54, 1.807) is 0 Å². The monoisotopic (exact) mass is 212 g/mol. The molecule has 0 nitrogen and oxygen atoms in total. The molecule has 1 aliphatic rings. The lowest BCUT2D eigenvalue weighted by molar-refractivity contribution is 0.277. The van der Waals surface area contributed by atoms with Crippen LogP contribution < -0.4 is 0 Å². The zero-order chi connectivity index (χ0) is 11.8. The van der Waals surface area contributed by atoms with E-state index in [2.05, 4.69) is 27.7 Å². The third-order valence-corrected chi connectivity index (χ3v) is 4.30. The molecular weight excluding hydrogens is 180 g/mol. The van der Waals surface area contributed by atoms with E-state index in [0.717, 1.165) is 23.7 Å². The first-order chi connectivity index (χ1) is 7.24.